The van der Waals surface area contributed by atoms with Crippen molar-refractivity contribution in [2.45, 2.75) is 19.3 Å². The number of phenols is 1. The molecule has 18 heavy (non-hydrogen) atoms. The monoisotopic (exact) mass is 280 g/mol. The van der Waals surface area contributed by atoms with E-state index < -0.39 is 0 Å². The number of aromatic hydroxyl groups is 1. The van der Waals surface area contributed by atoms with E-state index in [1.54, 1.807) is 12.1 Å². The van der Waals surface area contributed by atoms with E-state index in [2.05, 4.69) is 9.97 Å². The largest absolute Gasteiger partial charge is 0.506 e. The van der Waals surface area contributed by atoms with Crippen LogP contribution >= 0.6 is 23.2 Å². The van der Waals surface area contributed by atoms with Gasteiger partial charge in [0.25, 0.3) is 0 Å². The number of halogens is 2. The van der Waals surface area contributed by atoms with Crippen molar-refractivity contribution >= 4 is 23.2 Å². The van der Waals surface area contributed by atoms with Gasteiger partial charge in [-0.25, -0.2) is 9.97 Å². The summed E-state index contributed by atoms with van der Waals surface area (Å²) in [6, 6.07) is 4.90. The van der Waals surface area contributed by atoms with E-state index in [1.807, 2.05) is 0 Å². The van der Waals surface area contributed by atoms with Crippen LogP contribution in [0.3, 0.4) is 0 Å². The van der Waals surface area contributed by atoms with Crippen molar-refractivity contribution in [3.63, 3.8) is 0 Å². The third-order valence-corrected chi connectivity index (χ3v) is 3.70. The van der Waals surface area contributed by atoms with Crippen LogP contribution in [0, 0.1) is 0 Å². The molecule has 1 aliphatic rings. The fourth-order valence-electron chi connectivity index (χ4n) is 2.16. The third-order valence-electron chi connectivity index (χ3n) is 3.09. The van der Waals surface area contributed by atoms with E-state index in [-0.39, 0.29) is 10.8 Å². The molecule has 92 valence electrons. The first-order chi connectivity index (χ1) is 8.65. The van der Waals surface area contributed by atoms with E-state index in [9.17, 15) is 5.11 Å². The smallest absolute Gasteiger partial charge is 0.161 e. The lowest BCUT2D eigenvalue weighted by Crippen LogP contribution is -1.97. The third kappa shape index (κ3) is 1.93. The van der Waals surface area contributed by atoms with Crippen LogP contribution in [-0.4, -0.2) is 15.1 Å². The minimum absolute atomic E-state index is 0.0488. The van der Waals surface area contributed by atoms with Crippen molar-refractivity contribution in [3.05, 3.63) is 39.6 Å². The summed E-state index contributed by atoms with van der Waals surface area (Å²) in [5.41, 5.74) is 2.84. The number of hydrogen-bond donors (Lipinski definition) is 1. The standard InChI is InChI=1S/C13H10Cl2N2O/c14-9-6-7(4-5-11(9)18)13-16-10-3-1-2-8(10)12(15)17-13/h4-6,18H,1-3H2. The van der Waals surface area contributed by atoms with Gasteiger partial charge in [-0.15, -0.1) is 0 Å². The zero-order valence-electron chi connectivity index (χ0n) is 9.45. The molecule has 1 aliphatic carbocycles. The van der Waals surface area contributed by atoms with Crippen molar-refractivity contribution in [1.29, 1.82) is 0 Å². The van der Waals surface area contributed by atoms with Crippen LogP contribution in [0.2, 0.25) is 10.2 Å². The second-order valence-electron chi connectivity index (χ2n) is 4.28. The molecule has 3 rings (SSSR count). The number of rotatable bonds is 1. The fourth-order valence-corrected chi connectivity index (χ4v) is 2.63. The zero-order chi connectivity index (χ0) is 12.7. The van der Waals surface area contributed by atoms with Crippen LogP contribution in [0.25, 0.3) is 11.4 Å². The first kappa shape index (κ1) is 11.8. The lowest BCUT2D eigenvalue weighted by molar-refractivity contribution is 0.475. The van der Waals surface area contributed by atoms with Crippen molar-refractivity contribution in [1.82, 2.24) is 9.97 Å². The topological polar surface area (TPSA) is 46.0 Å². The SMILES string of the molecule is Oc1ccc(-c2nc(Cl)c3c(n2)CCC3)cc1Cl. The van der Waals surface area contributed by atoms with Crippen LogP contribution < -0.4 is 0 Å². The van der Waals surface area contributed by atoms with Gasteiger partial charge in [-0.2, -0.15) is 0 Å². The number of nitrogens with zero attached hydrogens (tertiary/aromatic N) is 2. The summed E-state index contributed by atoms with van der Waals surface area (Å²) < 4.78 is 0. The highest BCUT2D eigenvalue weighted by molar-refractivity contribution is 6.32. The molecule has 0 aliphatic heterocycles. The molecular formula is C13H10Cl2N2O. The van der Waals surface area contributed by atoms with Gasteiger partial charge >= 0.3 is 0 Å². The van der Waals surface area contributed by atoms with Crippen molar-refractivity contribution in [3.8, 4) is 17.1 Å². The molecule has 0 fully saturated rings. The first-order valence-electron chi connectivity index (χ1n) is 5.69. The Morgan fingerprint density at radius 2 is 1.94 bits per heavy atom. The Morgan fingerprint density at radius 1 is 1.11 bits per heavy atom. The summed E-state index contributed by atoms with van der Waals surface area (Å²) in [4.78, 5) is 8.82. The van der Waals surface area contributed by atoms with E-state index in [0.717, 1.165) is 36.1 Å². The maximum Gasteiger partial charge on any atom is 0.161 e. The number of phenolic OH excluding ortho intramolecular Hbond substituents is 1. The molecular weight excluding hydrogens is 271 g/mol. The molecule has 3 nitrogen and oxygen atoms in total. The normalized spacial score (nSPS) is 13.7. The lowest BCUT2D eigenvalue weighted by Gasteiger charge is -2.06. The number of hydrogen-bond acceptors (Lipinski definition) is 3. The van der Waals surface area contributed by atoms with Crippen molar-refractivity contribution in [2.24, 2.45) is 0 Å². The summed E-state index contributed by atoms with van der Waals surface area (Å²) in [6.45, 7) is 0. The van der Waals surface area contributed by atoms with E-state index in [1.165, 1.54) is 6.07 Å². The van der Waals surface area contributed by atoms with Gasteiger partial charge in [0.15, 0.2) is 5.82 Å². The molecule has 0 bridgehead atoms. The number of aryl methyl sites for hydroxylation is 1. The van der Waals surface area contributed by atoms with Crippen LogP contribution in [0.5, 0.6) is 5.75 Å². The van der Waals surface area contributed by atoms with Gasteiger partial charge in [0, 0.05) is 16.8 Å². The first-order valence-corrected chi connectivity index (χ1v) is 6.45. The predicted molar refractivity (Wildman–Crippen MR) is 71.2 cm³/mol. The molecule has 0 unspecified atom stereocenters. The van der Waals surface area contributed by atoms with E-state index >= 15 is 0 Å². The summed E-state index contributed by atoms with van der Waals surface area (Å²) in [7, 11) is 0. The fraction of sp³-hybridized carbons (Fsp3) is 0.231. The average molecular weight is 281 g/mol. The molecule has 0 saturated heterocycles. The van der Waals surface area contributed by atoms with Gasteiger partial charge in [0.05, 0.1) is 5.02 Å². The molecule has 0 spiro atoms. The van der Waals surface area contributed by atoms with Crippen molar-refractivity contribution < 1.29 is 5.11 Å². The highest BCUT2D eigenvalue weighted by atomic mass is 35.5. The van der Waals surface area contributed by atoms with Crippen LogP contribution in [-0.2, 0) is 12.8 Å². The van der Waals surface area contributed by atoms with Crippen LogP contribution in [0.4, 0.5) is 0 Å². The Labute approximate surface area is 114 Å². The van der Waals surface area contributed by atoms with E-state index in [4.69, 9.17) is 23.2 Å². The van der Waals surface area contributed by atoms with E-state index in [0.29, 0.717) is 11.0 Å². The van der Waals surface area contributed by atoms with Crippen molar-refractivity contribution in [2.75, 3.05) is 0 Å². The minimum atomic E-state index is 0.0488. The Hall–Kier alpha value is -1.32. The molecule has 2 aromatic rings. The number of benzene rings is 1. The Bertz CT molecular complexity index is 629. The van der Waals surface area contributed by atoms with Gasteiger partial charge in [0.1, 0.15) is 10.9 Å². The number of fused-ring (bicyclic) bond motifs is 1. The van der Waals surface area contributed by atoms with Gasteiger partial charge in [0.2, 0.25) is 0 Å². The molecule has 0 saturated carbocycles. The summed E-state index contributed by atoms with van der Waals surface area (Å²) >= 11 is 12.0. The zero-order valence-corrected chi connectivity index (χ0v) is 11.0. The molecule has 1 aromatic carbocycles. The number of aromatic nitrogens is 2. The highest BCUT2D eigenvalue weighted by Gasteiger charge is 2.19. The molecule has 1 N–H and O–H groups in total. The summed E-state index contributed by atoms with van der Waals surface area (Å²) in [6.07, 6.45) is 2.96. The quantitative estimate of drug-likeness (QED) is 0.812. The highest BCUT2D eigenvalue weighted by Crippen LogP contribution is 2.31. The second kappa shape index (κ2) is 4.41. The Balaban J connectivity index is 2.12. The molecule has 1 heterocycles. The van der Waals surface area contributed by atoms with Gasteiger partial charge in [-0.1, -0.05) is 23.2 Å². The van der Waals surface area contributed by atoms with Crippen LogP contribution in [0.15, 0.2) is 18.2 Å². The molecule has 0 amide bonds. The Kier molecular flexibility index (Phi) is 2.88. The molecule has 5 heteroatoms. The summed E-state index contributed by atoms with van der Waals surface area (Å²) in [5, 5.41) is 10.2. The van der Waals surface area contributed by atoms with Gasteiger partial charge in [-0.3, -0.25) is 0 Å². The minimum Gasteiger partial charge on any atom is -0.506 e. The van der Waals surface area contributed by atoms with Gasteiger partial charge in [-0.05, 0) is 37.5 Å². The maximum atomic E-state index is 9.40. The Morgan fingerprint density at radius 3 is 2.72 bits per heavy atom. The molecule has 0 atom stereocenters. The second-order valence-corrected chi connectivity index (χ2v) is 5.05. The molecule has 1 aromatic heterocycles. The molecule has 0 radical (unpaired) electrons. The average Bonchev–Trinajstić information content (AvgIpc) is 2.81. The maximum absolute atomic E-state index is 9.40. The summed E-state index contributed by atoms with van der Waals surface area (Å²) in [5.74, 6) is 0.607. The van der Waals surface area contributed by atoms with Gasteiger partial charge < -0.3 is 5.11 Å². The van der Waals surface area contributed by atoms with Crippen LogP contribution in [0.1, 0.15) is 17.7 Å². The predicted octanol–water partition coefficient (Wildman–Crippen LogP) is 3.64. The lowest BCUT2D eigenvalue weighted by atomic mass is 10.2.